The van der Waals surface area contributed by atoms with Crippen molar-refractivity contribution in [3.8, 4) is 17.7 Å². The van der Waals surface area contributed by atoms with E-state index in [1.807, 2.05) is 72.8 Å². The van der Waals surface area contributed by atoms with Gasteiger partial charge in [-0.25, -0.2) is 4.39 Å². The number of Topliss-reactive ketones (excluding diaryl/α,β-unsaturated/α-hetero) is 2. The normalized spacial score (nSPS) is 23.5. The van der Waals surface area contributed by atoms with E-state index in [2.05, 4.69) is 21.1 Å². The molecule has 0 unspecified atom stereocenters. The van der Waals surface area contributed by atoms with E-state index in [0.29, 0.717) is 18.8 Å². The van der Waals surface area contributed by atoms with Crippen LogP contribution < -0.4 is 9.47 Å². The van der Waals surface area contributed by atoms with Crippen molar-refractivity contribution in [1.82, 2.24) is 10.1 Å². The van der Waals surface area contributed by atoms with Crippen LogP contribution >= 0.6 is 15.9 Å². The summed E-state index contributed by atoms with van der Waals surface area (Å²) in [5.41, 5.74) is -2.13. The number of rotatable bonds is 11. The second-order valence-electron chi connectivity index (χ2n) is 15.1. The molecule has 10 nitrogen and oxygen atoms in total. The number of fused-ring (bicyclic) bond motifs is 4. The van der Waals surface area contributed by atoms with E-state index in [9.17, 15) is 15.2 Å². The molecule has 3 aliphatic carbocycles. The maximum Gasteiger partial charge on any atom is 0.265 e. The third-order valence-corrected chi connectivity index (χ3v) is 15.9. The minimum absolute atomic E-state index is 0.00183. The average molecular weight is 761 g/mol. The van der Waals surface area contributed by atoms with E-state index in [0.717, 1.165) is 19.3 Å². The lowest BCUT2D eigenvalue weighted by Gasteiger charge is -2.55. The number of halogens is 2. The van der Waals surface area contributed by atoms with E-state index >= 15 is 9.18 Å². The summed E-state index contributed by atoms with van der Waals surface area (Å²) in [5.74, 6) is -3.55. The highest BCUT2D eigenvalue weighted by atomic mass is 79.9. The van der Waals surface area contributed by atoms with Gasteiger partial charge in [0.25, 0.3) is 5.88 Å². The van der Waals surface area contributed by atoms with Gasteiger partial charge in [-0.15, -0.1) is 0 Å². The minimum atomic E-state index is -2.89. The van der Waals surface area contributed by atoms with E-state index in [1.54, 1.807) is 0 Å². The van der Waals surface area contributed by atoms with Crippen LogP contribution in [0, 0.1) is 29.0 Å². The van der Waals surface area contributed by atoms with Crippen LogP contribution in [0.4, 0.5) is 4.39 Å². The first-order chi connectivity index (χ1) is 23.0. The number of aliphatic hydroxyl groups excluding tert-OH is 1. The van der Waals surface area contributed by atoms with Crippen molar-refractivity contribution in [2.45, 2.75) is 103 Å². The van der Waals surface area contributed by atoms with Gasteiger partial charge in [0.1, 0.15) is 34.5 Å². The van der Waals surface area contributed by atoms with E-state index in [1.165, 1.54) is 0 Å². The Kier molecular flexibility index (Phi) is 10.3. The Morgan fingerprint density at radius 3 is 2.35 bits per heavy atom. The molecule has 1 aromatic heterocycles. The predicted molar refractivity (Wildman–Crippen MR) is 187 cm³/mol. The first kappa shape index (κ1) is 37.2. The number of allylic oxidation sites excluding steroid dienone is 1. The summed E-state index contributed by atoms with van der Waals surface area (Å²) < 4.78 is 41.2. The molecular weight excluding hydrogens is 713 g/mol. The van der Waals surface area contributed by atoms with Crippen LogP contribution in [0.3, 0.4) is 0 Å². The number of hydrogen-bond donors (Lipinski definition) is 1. The summed E-state index contributed by atoms with van der Waals surface area (Å²) in [6.45, 7) is 14.7. The van der Waals surface area contributed by atoms with Crippen molar-refractivity contribution in [2.24, 2.45) is 11.8 Å². The maximum absolute atomic E-state index is 16.1. The van der Waals surface area contributed by atoms with Gasteiger partial charge in [-0.2, -0.15) is 5.26 Å². The van der Waals surface area contributed by atoms with Gasteiger partial charge < -0.3 is 23.5 Å². The van der Waals surface area contributed by atoms with Crippen molar-refractivity contribution in [2.75, 3.05) is 27.3 Å². The standard InChI is InChI=1S/C36H47BrFN3O7Si/c1-10-12-14-45-30-24-20(27(38)21(18-39)26(30)37)16-19-17-22-28(41(6)7)31-25(34(40-47-31)46-15-13-11-2)33(44)36(22,32(43)23(19)29(24)42)48-49(8,9)35(3,4)5/h19,22,28,43H,10-17H2,1-9H3/t19-,22-,28-,36-/m0/s1. The van der Waals surface area contributed by atoms with Gasteiger partial charge in [-0.05, 0) is 84.9 Å². The molecule has 0 saturated carbocycles. The Morgan fingerprint density at radius 2 is 1.78 bits per heavy atom. The second-order valence-corrected chi connectivity index (χ2v) is 20.6. The van der Waals surface area contributed by atoms with Crippen LogP contribution in [-0.2, 0) is 10.8 Å². The van der Waals surface area contributed by atoms with Gasteiger partial charge in [-0.1, -0.05) is 47.5 Å². The highest BCUT2D eigenvalue weighted by molar-refractivity contribution is 9.10. The quantitative estimate of drug-likeness (QED) is 0.176. The van der Waals surface area contributed by atoms with Crippen LogP contribution in [-0.4, -0.2) is 68.0 Å². The van der Waals surface area contributed by atoms with Gasteiger partial charge in [-0.3, -0.25) is 14.5 Å². The predicted octanol–water partition coefficient (Wildman–Crippen LogP) is 8.25. The Balaban J connectivity index is 1.81. The first-order valence-corrected chi connectivity index (χ1v) is 20.8. The zero-order valence-electron chi connectivity index (χ0n) is 29.9. The summed E-state index contributed by atoms with van der Waals surface area (Å²) in [4.78, 5) is 31.9. The number of carbonyl (C=O) groups is 2. The highest BCUT2D eigenvalue weighted by Crippen LogP contribution is 2.60. The molecule has 0 bridgehead atoms. The molecule has 0 aliphatic heterocycles. The number of nitrogens with zero attached hydrogens (tertiary/aromatic N) is 3. The number of aromatic nitrogens is 1. The van der Waals surface area contributed by atoms with Gasteiger partial charge >= 0.3 is 0 Å². The lowest BCUT2D eigenvalue weighted by atomic mass is 9.58. The van der Waals surface area contributed by atoms with E-state index < -0.39 is 54.9 Å². The Hall–Kier alpha value is -3.05. The number of ketones is 2. The van der Waals surface area contributed by atoms with Crippen LogP contribution in [0.25, 0.3) is 0 Å². The van der Waals surface area contributed by atoms with Crippen molar-refractivity contribution < 1.29 is 37.5 Å². The number of benzene rings is 1. The summed E-state index contributed by atoms with van der Waals surface area (Å²) in [5, 5.41) is 26.4. The average Bonchev–Trinajstić information content (AvgIpc) is 3.43. The number of unbranched alkanes of at least 4 members (excludes halogenated alkanes) is 2. The van der Waals surface area contributed by atoms with E-state index in [-0.39, 0.29) is 68.4 Å². The maximum atomic E-state index is 16.1. The molecule has 3 aliphatic rings. The molecule has 0 saturated heterocycles. The van der Waals surface area contributed by atoms with Crippen LogP contribution in [0.1, 0.15) is 110 Å². The zero-order valence-corrected chi connectivity index (χ0v) is 32.5. The van der Waals surface area contributed by atoms with Crippen LogP contribution in [0.5, 0.6) is 11.6 Å². The SMILES string of the molecule is CCCCOc1noc2c1C(=O)[C@@]1(O[Si](C)(C)C(C)(C)C)C(O)=C3C(=O)c4c(c(F)c(C#N)c(Br)c4OCCCC)C[C@H]3C[C@H]1[C@@H]2N(C)C. The van der Waals surface area contributed by atoms with Gasteiger partial charge in [0.05, 0.1) is 29.3 Å². The number of ether oxygens (including phenoxy) is 2. The third-order valence-electron chi connectivity index (χ3n) is 10.7. The number of nitriles is 1. The lowest BCUT2D eigenvalue weighted by molar-refractivity contribution is -0.0481. The summed E-state index contributed by atoms with van der Waals surface area (Å²) >= 11 is 3.33. The van der Waals surface area contributed by atoms with Crippen molar-refractivity contribution in [3.63, 3.8) is 0 Å². The smallest absolute Gasteiger partial charge is 0.265 e. The lowest BCUT2D eigenvalue weighted by Crippen LogP contribution is -2.65. The first-order valence-electron chi connectivity index (χ1n) is 17.1. The number of hydrogen-bond acceptors (Lipinski definition) is 10. The molecule has 2 aromatic rings. The molecule has 0 fully saturated rings. The monoisotopic (exact) mass is 759 g/mol. The van der Waals surface area contributed by atoms with Crippen molar-refractivity contribution >= 4 is 35.8 Å². The summed E-state index contributed by atoms with van der Waals surface area (Å²) in [7, 11) is 0.800. The topological polar surface area (TPSA) is 135 Å². The Morgan fingerprint density at radius 1 is 1.14 bits per heavy atom. The molecule has 13 heteroatoms. The van der Waals surface area contributed by atoms with Gasteiger partial charge in [0.2, 0.25) is 5.78 Å². The molecule has 1 aromatic carbocycles. The zero-order chi connectivity index (χ0) is 36.2. The minimum Gasteiger partial charge on any atom is -0.508 e. The summed E-state index contributed by atoms with van der Waals surface area (Å²) in [6, 6.07) is 1.30. The van der Waals surface area contributed by atoms with Crippen LogP contribution in [0.2, 0.25) is 18.1 Å². The fourth-order valence-electron chi connectivity index (χ4n) is 7.15. The number of aliphatic hydroxyl groups is 1. The Bertz CT molecular complexity index is 1740. The van der Waals surface area contributed by atoms with Gasteiger partial charge in [0, 0.05) is 17.1 Å². The third kappa shape index (κ3) is 5.86. The van der Waals surface area contributed by atoms with E-state index in [4.69, 9.17) is 18.4 Å². The fourth-order valence-corrected chi connectivity index (χ4v) is 9.17. The molecular formula is C36H47BrFN3O7Si. The fraction of sp³-hybridized carbons (Fsp3) is 0.611. The highest BCUT2D eigenvalue weighted by Gasteiger charge is 2.67. The van der Waals surface area contributed by atoms with Crippen LogP contribution in [0.15, 0.2) is 20.3 Å². The molecule has 1 N–H and O–H groups in total. The summed E-state index contributed by atoms with van der Waals surface area (Å²) in [6.07, 6.45) is 3.27. The molecule has 1 heterocycles. The molecule has 5 rings (SSSR count). The van der Waals surface area contributed by atoms with Crippen molar-refractivity contribution in [1.29, 1.82) is 5.26 Å². The number of carbonyl (C=O) groups excluding carboxylic acids is 2. The van der Waals surface area contributed by atoms with Gasteiger partial charge in [0.15, 0.2) is 25.5 Å². The second kappa shape index (κ2) is 13.6. The molecule has 0 spiro atoms. The molecule has 49 heavy (non-hydrogen) atoms. The molecule has 266 valence electrons. The molecule has 0 radical (unpaired) electrons. The Labute approximate surface area is 297 Å². The molecule has 4 atom stereocenters. The molecule has 0 amide bonds. The largest absolute Gasteiger partial charge is 0.508 e. The van der Waals surface area contributed by atoms with Crippen molar-refractivity contribution in [3.05, 3.63) is 49.6 Å².